The lowest BCUT2D eigenvalue weighted by molar-refractivity contribution is 0.573. The van der Waals surface area contributed by atoms with Crippen molar-refractivity contribution in [2.75, 3.05) is 0 Å². The van der Waals surface area contributed by atoms with Gasteiger partial charge in [-0.15, -0.1) is 22.7 Å². The summed E-state index contributed by atoms with van der Waals surface area (Å²) in [5, 5.41) is 10.5. The molecule has 0 aliphatic heterocycles. The molecule has 0 saturated heterocycles. The van der Waals surface area contributed by atoms with Crippen LogP contribution < -0.4 is 0 Å². The molecule has 0 fully saturated rings. The monoisotopic (exact) mass is 314 g/mol. The second kappa shape index (κ2) is 6.04. The van der Waals surface area contributed by atoms with Gasteiger partial charge in [-0.25, -0.2) is 4.98 Å². The fourth-order valence-corrected chi connectivity index (χ4v) is 4.23. The van der Waals surface area contributed by atoms with E-state index in [1.807, 2.05) is 27.7 Å². The summed E-state index contributed by atoms with van der Waals surface area (Å²) in [5.74, 6) is 0.408. The lowest BCUT2D eigenvalue weighted by atomic mass is 10.0. The van der Waals surface area contributed by atoms with Crippen LogP contribution in [0.3, 0.4) is 0 Å². The molecule has 6 heteroatoms. The van der Waals surface area contributed by atoms with Crippen LogP contribution in [0.1, 0.15) is 36.5 Å². The zero-order chi connectivity index (χ0) is 15.7. The smallest absolute Gasteiger partial charge is 0.374 e. The second-order valence-electron chi connectivity index (χ2n) is 4.79. The predicted octanol–water partition coefficient (Wildman–Crippen LogP) is 4.24. The van der Waals surface area contributed by atoms with Crippen molar-refractivity contribution in [3.05, 3.63) is 36.5 Å². The Morgan fingerprint density at radius 1 is 1.10 bits per heavy atom. The summed E-state index contributed by atoms with van der Waals surface area (Å²) in [6.07, 6.45) is 0. The minimum atomic E-state index is 0.392. The van der Waals surface area contributed by atoms with Gasteiger partial charge in [-0.05, 0) is 40.2 Å². The molecule has 2 radical (unpaired) electrons. The minimum absolute atomic E-state index is 0.392. The van der Waals surface area contributed by atoms with Crippen molar-refractivity contribution >= 4 is 42.1 Å². The van der Waals surface area contributed by atoms with E-state index in [2.05, 4.69) is 18.0 Å². The molecule has 2 rings (SSSR count). The first kappa shape index (κ1) is 15.8. The molecule has 0 N–H and O–H groups in total. The Balaban J connectivity index is 2.77. The summed E-state index contributed by atoms with van der Waals surface area (Å²) in [4.78, 5) is 7.72. The topological polar surface area (TPSA) is 45.9 Å². The van der Waals surface area contributed by atoms with E-state index in [4.69, 9.17) is 12.7 Å². The van der Waals surface area contributed by atoms with Crippen LogP contribution in [0.2, 0.25) is 0 Å². The molecule has 21 heavy (non-hydrogen) atoms. The first-order valence-electron chi connectivity index (χ1n) is 6.43. The summed E-state index contributed by atoms with van der Waals surface area (Å²) >= 11 is 3.23. The molecule has 0 bridgehead atoms. The summed E-state index contributed by atoms with van der Waals surface area (Å²) in [7, 11) is 5.49. The highest BCUT2D eigenvalue weighted by Gasteiger charge is 2.22. The molecule has 0 spiro atoms. The molecule has 0 unspecified atom stereocenters. The number of nitrogens with zero attached hydrogens (tertiary/aromatic N) is 2. The number of aromatic nitrogens is 1. The molecular weight excluding hydrogens is 299 g/mol. The van der Waals surface area contributed by atoms with Crippen LogP contribution in [-0.2, 0) is 4.65 Å². The van der Waals surface area contributed by atoms with Gasteiger partial charge in [0, 0.05) is 20.2 Å². The van der Waals surface area contributed by atoms with Crippen molar-refractivity contribution in [1.82, 2.24) is 4.98 Å². The number of nitriles is 1. The fraction of sp³-hybridized carbons (Fsp3) is 0.333. The highest BCUT2D eigenvalue weighted by molar-refractivity contribution is 7.12. The van der Waals surface area contributed by atoms with Crippen LogP contribution in [0.25, 0.3) is 11.3 Å². The highest BCUT2D eigenvalue weighted by Crippen LogP contribution is 2.37. The van der Waals surface area contributed by atoms with Crippen LogP contribution in [0, 0.1) is 45.9 Å². The van der Waals surface area contributed by atoms with Gasteiger partial charge in [0.15, 0.2) is 0 Å². The molecule has 3 nitrogen and oxygen atoms in total. The van der Waals surface area contributed by atoms with Gasteiger partial charge >= 0.3 is 8.05 Å². The summed E-state index contributed by atoms with van der Waals surface area (Å²) in [6.45, 7) is 9.94. The average molecular weight is 314 g/mol. The van der Waals surface area contributed by atoms with E-state index in [-0.39, 0.29) is 0 Å². The third-order valence-electron chi connectivity index (χ3n) is 3.39. The van der Waals surface area contributed by atoms with Crippen molar-refractivity contribution in [3.63, 3.8) is 0 Å². The zero-order valence-electron chi connectivity index (χ0n) is 12.7. The van der Waals surface area contributed by atoms with Gasteiger partial charge in [0.1, 0.15) is 17.4 Å². The van der Waals surface area contributed by atoms with Gasteiger partial charge in [-0.1, -0.05) is 0 Å². The fourth-order valence-electron chi connectivity index (χ4n) is 2.34. The van der Waals surface area contributed by atoms with Crippen molar-refractivity contribution in [2.45, 2.75) is 34.6 Å². The standard InChI is InChI=1S/C15H15BN2OS2/c1-7-8(2)20-9(3)13(7)15(19-16)12(6-17)14-10(4)21-11(5)18-14/h1-5H3. The summed E-state index contributed by atoms with van der Waals surface area (Å²) in [5.41, 5.74) is 3.04. The Bertz CT molecular complexity index is 765. The van der Waals surface area contributed by atoms with E-state index in [9.17, 15) is 5.26 Å². The van der Waals surface area contributed by atoms with E-state index in [1.165, 1.54) is 4.88 Å². The average Bonchev–Trinajstić information content (AvgIpc) is 2.88. The third-order valence-corrected chi connectivity index (χ3v) is 5.39. The van der Waals surface area contributed by atoms with Crippen molar-refractivity contribution in [3.8, 4) is 6.07 Å². The zero-order valence-corrected chi connectivity index (χ0v) is 14.3. The van der Waals surface area contributed by atoms with Gasteiger partial charge in [0.05, 0.1) is 10.7 Å². The van der Waals surface area contributed by atoms with Gasteiger partial charge in [-0.2, -0.15) is 5.26 Å². The quantitative estimate of drug-likeness (QED) is 0.483. The molecule has 0 aromatic carbocycles. The molecule has 2 aromatic heterocycles. The van der Waals surface area contributed by atoms with Crippen molar-refractivity contribution < 1.29 is 4.65 Å². The maximum atomic E-state index is 9.59. The van der Waals surface area contributed by atoms with Crippen LogP contribution in [0.15, 0.2) is 0 Å². The van der Waals surface area contributed by atoms with E-state index in [1.54, 1.807) is 22.7 Å². The molecule has 2 aromatic rings. The Hall–Kier alpha value is -1.58. The lowest BCUT2D eigenvalue weighted by Gasteiger charge is -2.11. The van der Waals surface area contributed by atoms with E-state index in [0.717, 1.165) is 25.9 Å². The van der Waals surface area contributed by atoms with Crippen LogP contribution in [0.4, 0.5) is 0 Å². The Morgan fingerprint density at radius 3 is 2.14 bits per heavy atom. The normalized spacial score (nSPS) is 12.0. The van der Waals surface area contributed by atoms with Crippen molar-refractivity contribution in [2.24, 2.45) is 0 Å². The highest BCUT2D eigenvalue weighted by atomic mass is 32.1. The van der Waals surface area contributed by atoms with Gasteiger partial charge in [0.2, 0.25) is 0 Å². The first-order valence-corrected chi connectivity index (χ1v) is 8.06. The molecule has 0 aliphatic rings. The van der Waals surface area contributed by atoms with Crippen LogP contribution in [0.5, 0.6) is 0 Å². The number of aryl methyl sites for hydroxylation is 4. The molecule has 0 aliphatic carbocycles. The van der Waals surface area contributed by atoms with Gasteiger partial charge < -0.3 is 4.65 Å². The number of hydrogen-bond donors (Lipinski definition) is 0. The Kier molecular flexibility index (Phi) is 4.55. The molecule has 2 heterocycles. The largest absolute Gasteiger partial charge is 0.566 e. The maximum Gasteiger partial charge on any atom is 0.374 e. The van der Waals surface area contributed by atoms with E-state index >= 15 is 0 Å². The number of allylic oxidation sites excluding steroid dienone is 1. The molecule has 106 valence electrons. The SMILES string of the molecule is [B]OC(=C(C#N)c1nc(C)sc1C)c1c(C)sc(C)c1C. The summed E-state index contributed by atoms with van der Waals surface area (Å²) < 4.78 is 5.11. The molecule has 0 saturated carbocycles. The third kappa shape index (κ3) is 2.76. The predicted molar refractivity (Wildman–Crippen MR) is 89.4 cm³/mol. The van der Waals surface area contributed by atoms with Gasteiger partial charge in [-0.3, -0.25) is 0 Å². The first-order chi connectivity index (χ1) is 9.90. The van der Waals surface area contributed by atoms with Gasteiger partial charge in [0.25, 0.3) is 0 Å². The Morgan fingerprint density at radius 2 is 1.76 bits per heavy atom. The minimum Gasteiger partial charge on any atom is -0.566 e. The van der Waals surface area contributed by atoms with E-state index < -0.39 is 0 Å². The van der Waals surface area contributed by atoms with E-state index in [0.29, 0.717) is 17.0 Å². The second-order valence-corrected chi connectivity index (χ2v) is 7.62. The number of hydrogen-bond acceptors (Lipinski definition) is 5. The van der Waals surface area contributed by atoms with Crippen LogP contribution in [-0.4, -0.2) is 13.0 Å². The summed E-state index contributed by atoms with van der Waals surface area (Å²) in [6, 6.07) is 2.21. The van der Waals surface area contributed by atoms with Crippen molar-refractivity contribution in [1.29, 1.82) is 5.26 Å². The molecular formula is C15H15BN2OS2. The number of thiophene rings is 1. The maximum absolute atomic E-state index is 9.59. The van der Waals surface area contributed by atoms with Crippen LogP contribution >= 0.6 is 22.7 Å². The Labute approximate surface area is 134 Å². The number of rotatable bonds is 3. The number of thiazole rings is 1. The molecule has 0 amide bonds. The lowest BCUT2D eigenvalue weighted by Crippen LogP contribution is -1.98. The molecule has 0 atom stereocenters.